The highest BCUT2D eigenvalue weighted by atomic mass is 35.5. The Labute approximate surface area is 184 Å². The molecule has 1 aromatic heterocycles. The molecule has 1 aliphatic rings. The van der Waals surface area contributed by atoms with Crippen LogP contribution >= 0.6 is 22.9 Å². The minimum Gasteiger partial charge on any atom is -0.462 e. The van der Waals surface area contributed by atoms with E-state index in [-0.39, 0.29) is 29.0 Å². The molecule has 0 fully saturated rings. The Bertz CT molecular complexity index is 1080. The van der Waals surface area contributed by atoms with E-state index in [0.29, 0.717) is 16.3 Å². The predicted octanol–water partition coefficient (Wildman–Crippen LogP) is 3.91. The third-order valence-corrected chi connectivity index (χ3v) is 7.57. The van der Waals surface area contributed by atoms with Crippen molar-refractivity contribution in [3.8, 4) is 0 Å². The second-order valence-electron chi connectivity index (χ2n) is 6.93. The minimum absolute atomic E-state index is 0.00916. The Hall–Kier alpha value is -2.10. The van der Waals surface area contributed by atoms with Gasteiger partial charge in [0.1, 0.15) is 5.00 Å². The smallest absolute Gasteiger partial charge is 0.341 e. The predicted molar refractivity (Wildman–Crippen MR) is 119 cm³/mol. The number of halogens is 1. The number of rotatable bonds is 7. The largest absolute Gasteiger partial charge is 0.462 e. The highest BCUT2D eigenvalue weighted by Crippen LogP contribution is 2.38. The van der Waals surface area contributed by atoms with Crippen molar-refractivity contribution in [1.82, 2.24) is 0 Å². The molecule has 1 aliphatic carbocycles. The first kappa shape index (κ1) is 22.6. The van der Waals surface area contributed by atoms with E-state index in [1.165, 1.54) is 17.4 Å². The lowest BCUT2D eigenvalue weighted by Crippen LogP contribution is -2.23. The van der Waals surface area contributed by atoms with Crippen molar-refractivity contribution < 1.29 is 22.7 Å². The van der Waals surface area contributed by atoms with E-state index in [2.05, 4.69) is 10.6 Å². The van der Waals surface area contributed by atoms with Gasteiger partial charge in [-0.3, -0.25) is 4.79 Å². The molecule has 0 spiro atoms. The van der Waals surface area contributed by atoms with Gasteiger partial charge in [0.25, 0.3) is 0 Å². The molecule has 1 heterocycles. The van der Waals surface area contributed by atoms with Gasteiger partial charge in [-0.1, -0.05) is 17.7 Å². The lowest BCUT2D eigenvalue weighted by molar-refractivity contribution is -0.114. The van der Waals surface area contributed by atoms with Gasteiger partial charge in [-0.2, -0.15) is 0 Å². The molecule has 0 saturated heterocycles. The zero-order chi connectivity index (χ0) is 21.9. The maximum atomic E-state index is 12.5. The summed E-state index contributed by atoms with van der Waals surface area (Å²) in [5.41, 5.74) is 1.75. The summed E-state index contributed by atoms with van der Waals surface area (Å²) in [7, 11) is -3.49. The molecule has 30 heavy (non-hydrogen) atoms. The van der Waals surface area contributed by atoms with Gasteiger partial charge in [0, 0.05) is 11.1 Å². The van der Waals surface area contributed by atoms with Crippen LogP contribution in [0.3, 0.4) is 0 Å². The first-order chi connectivity index (χ1) is 14.2. The average molecular weight is 471 g/mol. The number of nitrogens with one attached hydrogen (secondary N) is 2. The summed E-state index contributed by atoms with van der Waals surface area (Å²) >= 11 is 7.58. The van der Waals surface area contributed by atoms with E-state index < -0.39 is 15.8 Å². The Morgan fingerprint density at radius 1 is 1.23 bits per heavy atom. The minimum atomic E-state index is -3.49. The number of carbonyl (C=O) groups is 2. The Morgan fingerprint density at radius 2 is 1.97 bits per heavy atom. The number of thiophene rings is 1. The molecule has 0 unspecified atom stereocenters. The number of hydrogen-bond donors (Lipinski definition) is 2. The maximum Gasteiger partial charge on any atom is 0.341 e. The summed E-state index contributed by atoms with van der Waals surface area (Å²) in [6.45, 7) is 1.86. The summed E-state index contributed by atoms with van der Waals surface area (Å²) in [6, 6.07) is 4.55. The molecular weight excluding hydrogens is 448 g/mol. The monoisotopic (exact) mass is 470 g/mol. The number of amides is 1. The van der Waals surface area contributed by atoms with Gasteiger partial charge in [0.05, 0.1) is 34.3 Å². The Morgan fingerprint density at radius 3 is 2.67 bits per heavy atom. The van der Waals surface area contributed by atoms with Crippen molar-refractivity contribution in [2.75, 3.05) is 30.0 Å². The number of ether oxygens (including phenoxy) is 1. The van der Waals surface area contributed by atoms with Crippen molar-refractivity contribution in [3.05, 3.63) is 39.2 Å². The van der Waals surface area contributed by atoms with E-state index >= 15 is 0 Å². The highest BCUT2D eigenvalue weighted by molar-refractivity contribution is 7.90. The van der Waals surface area contributed by atoms with Crippen molar-refractivity contribution in [2.45, 2.75) is 37.5 Å². The van der Waals surface area contributed by atoms with E-state index in [1.807, 2.05) is 0 Å². The van der Waals surface area contributed by atoms with Gasteiger partial charge in [-0.05, 0) is 50.3 Å². The number of anilines is 2. The van der Waals surface area contributed by atoms with Gasteiger partial charge in [-0.15, -0.1) is 11.3 Å². The van der Waals surface area contributed by atoms with Crippen molar-refractivity contribution in [2.24, 2.45) is 0 Å². The summed E-state index contributed by atoms with van der Waals surface area (Å²) in [6.07, 6.45) is 4.80. The summed E-state index contributed by atoms with van der Waals surface area (Å²) in [5.74, 6) is -0.802. The molecule has 1 aromatic carbocycles. The van der Waals surface area contributed by atoms with Crippen LogP contribution in [0, 0.1) is 0 Å². The Balaban J connectivity index is 1.76. The molecule has 2 N–H and O–H groups in total. The van der Waals surface area contributed by atoms with Gasteiger partial charge in [0.15, 0.2) is 9.84 Å². The number of esters is 1. The van der Waals surface area contributed by atoms with Crippen LogP contribution in [-0.4, -0.2) is 39.7 Å². The summed E-state index contributed by atoms with van der Waals surface area (Å²) < 4.78 is 28.8. The van der Waals surface area contributed by atoms with Gasteiger partial charge in [0.2, 0.25) is 5.91 Å². The summed E-state index contributed by atoms with van der Waals surface area (Å²) in [5, 5.41) is 6.18. The van der Waals surface area contributed by atoms with Crippen LogP contribution in [0.5, 0.6) is 0 Å². The van der Waals surface area contributed by atoms with Gasteiger partial charge >= 0.3 is 5.97 Å². The topological polar surface area (TPSA) is 102 Å². The fourth-order valence-electron chi connectivity index (χ4n) is 3.35. The summed E-state index contributed by atoms with van der Waals surface area (Å²) in [4.78, 5) is 26.1. The number of benzene rings is 1. The van der Waals surface area contributed by atoms with E-state index in [0.717, 1.165) is 42.4 Å². The van der Waals surface area contributed by atoms with Crippen LogP contribution in [0.2, 0.25) is 5.02 Å². The average Bonchev–Trinajstić information content (AvgIpc) is 3.04. The molecule has 1 amide bonds. The van der Waals surface area contributed by atoms with E-state index in [1.54, 1.807) is 19.1 Å². The van der Waals surface area contributed by atoms with Crippen molar-refractivity contribution in [3.63, 3.8) is 0 Å². The van der Waals surface area contributed by atoms with E-state index in [4.69, 9.17) is 16.3 Å². The molecule has 10 heteroatoms. The van der Waals surface area contributed by atoms with Crippen molar-refractivity contribution >= 4 is 55.3 Å². The SMILES string of the molecule is CCOC(=O)c1c(NC(=O)CNc2cccc(S(C)(=O)=O)c2Cl)sc2c1CCCC2. The van der Waals surface area contributed by atoms with Crippen LogP contribution in [0.4, 0.5) is 10.7 Å². The Kier molecular flexibility index (Phi) is 7.05. The first-order valence-electron chi connectivity index (χ1n) is 9.56. The third kappa shape index (κ3) is 4.96. The number of hydrogen-bond acceptors (Lipinski definition) is 7. The molecule has 0 bridgehead atoms. The molecule has 0 radical (unpaired) electrons. The number of sulfone groups is 1. The van der Waals surface area contributed by atoms with Crippen LogP contribution in [-0.2, 0) is 32.2 Å². The highest BCUT2D eigenvalue weighted by Gasteiger charge is 2.27. The molecule has 0 saturated carbocycles. The van der Waals surface area contributed by atoms with Crippen LogP contribution in [0.25, 0.3) is 0 Å². The zero-order valence-corrected chi connectivity index (χ0v) is 19.1. The number of carbonyl (C=O) groups excluding carboxylic acids is 2. The molecule has 0 atom stereocenters. The molecule has 162 valence electrons. The molecular formula is C20H23ClN2O5S2. The van der Waals surface area contributed by atoms with Crippen LogP contribution in [0.1, 0.15) is 40.6 Å². The fraction of sp³-hybridized carbons (Fsp3) is 0.400. The zero-order valence-electron chi connectivity index (χ0n) is 16.7. The van der Waals surface area contributed by atoms with Crippen LogP contribution in [0.15, 0.2) is 23.1 Å². The van der Waals surface area contributed by atoms with Gasteiger partial charge in [-0.25, -0.2) is 13.2 Å². The standard InChI is InChI=1S/C20H23ClN2O5S2/c1-3-28-20(25)17-12-7-4-5-9-14(12)29-19(17)23-16(24)11-22-13-8-6-10-15(18(13)21)30(2,26)27/h6,8,10,22H,3-5,7,9,11H2,1-2H3,(H,23,24). The molecule has 0 aliphatic heterocycles. The van der Waals surface area contributed by atoms with Crippen LogP contribution < -0.4 is 10.6 Å². The fourth-order valence-corrected chi connectivity index (χ4v) is 6.02. The molecule has 2 aromatic rings. The normalized spacial score (nSPS) is 13.4. The maximum absolute atomic E-state index is 12.5. The second kappa shape index (κ2) is 9.36. The third-order valence-electron chi connectivity index (χ3n) is 4.71. The van der Waals surface area contributed by atoms with Gasteiger partial charge < -0.3 is 15.4 Å². The quantitative estimate of drug-likeness (QED) is 0.595. The second-order valence-corrected chi connectivity index (χ2v) is 10.4. The molecule has 3 rings (SSSR count). The van der Waals surface area contributed by atoms with Crippen molar-refractivity contribution in [1.29, 1.82) is 0 Å². The van der Waals surface area contributed by atoms with E-state index in [9.17, 15) is 18.0 Å². The lowest BCUT2D eigenvalue weighted by Gasteiger charge is -2.13. The molecule has 7 nitrogen and oxygen atoms in total. The lowest BCUT2D eigenvalue weighted by atomic mass is 9.95. The number of fused-ring (bicyclic) bond motifs is 1. The first-order valence-corrected chi connectivity index (χ1v) is 12.6. The number of aryl methyl sites for hydroxylation is 1.